The van der Waals surface area contributed by atoms with Gasteiger partial charge < -0.3 is 15.3 Å². The summed E-state index contributed by atoms with van der Waals surface area (Å²) in [5.74, 6) is 0.149. The van der Waals surface area contributed by atoms with Gasteiger partial charge in [-0.25, -0.2) is 0 Å². The van der Waals surface area contributed by atoms with Gasteiger partial charge in [0.05, 0.1) is 12.1 Å². The Morgan fingerprint density at radius 1 is 1.38 bits per heavy atom. The lowest BCUT2D eigenvalue weighted by molar-refractivity contribution is -0.131. The third-order valence-corrected chi connectivity index (χ3v) is 3.33. The molecule has 0 saturated carbocycles. The average molecular weight is 228 g/mol. The van der Waals surface area contributed by atoms with Gasteiger partial charge in [0, 0.05) is 19.1 Å². The van der Waals surface area contributed by atoms with Gasteiger partial charge in [0.2, 0.25) is 5.91 Å². The van der Waals surface area contributed by atoms with Crippen LogP contribution in [0.3, 0.4) is 0 Å². The van der Waals surface area contributed by atoms with Crippen LogP contribution in [0.5, 0.6) is 0 Å². The summed E-state index contributed by atoms with van der Waals surface area (Å²) in [6.45, 7) is 7.48. The minimum atomic E-state index is -0.790. The average Bonchev–Trinajstić information content (AvgIpc) is 2.25. The summed E-state index contributed by atoms with van der Waals surface area (Å²) < 4.78 is 0. The van der Waals surface area contributed by atoms with Crippen molar-refractivity contribution in [1.82, 2.24) is 10.2 Å². The first-order valence-corrected chi connectivity index (χ1v) is 6.15. The van der Waals surface area contributed by atoms with Crippen molar-refractivity contribution >= 4 is 5.91 Å². The van der Waals surface area contributed by atoms with Crippen molar-refractivity contribution in [2.24, 2.45) is 0 Å². The molecule has 0 radical (unpaired) electrons. The molecule has 2 N–H and O–H groups in total. The summed E-state index contributed by atoms with van der Waals surface area (Å²) in [7, 11) is 0. The number of amides is 1. The third-order valence-electron chi connectivity index (χ3n) is 3.33. The van der Waals surface area contributed by atoms with E-state index in [1.807, 2.05) is 11.8 Å². The van der Waals surface area contributed by atoms with E-state index in [4.69, 9.17) is 0 Å². The Morgan fingerprint density at radius 3 is 2.44 bits per heavy atom. The quantitative estimate of drug-likeness (QED) is 0.746. The Bertz CT molecular complexity index is 230. The Morgan fingerprint density at radius 2 is 1.94 bits per heavy atom. The number of aliphatic hydroxyl groups is 1. The van der Waals surface area contributed by atoms with Gasteiger partial charge in [-0.2, -0.15) is 0 Å². The highest BCUT2D eigenvalue weighted by Gasteiger charge is 2.23. The van der Waals surface area contributed by atoms with Gasteiger partial charge in [-0.3, -0.25) is 4.79 Å². The molecule has 0 aromatic heterocycles. The number of nitrogens with one attached hydrogen (secondary N) is 1. The zero-order chi connectivity index (χ0) is 12.2. The Kier molecular flexibility index (Phi) is 4.74. The van der Waals surface area contributed by atoms with Gasteiger partial charge >= 0.3 is 0 Å². The highest BCUT2D eigenvalue weighted by Crippen LogP contribution is 2.09. The molecular formula is C12H24N2O2. The van der Waals surface area contributed by atoms with Crippen molar-refractivity contribution in [3.63, 3.8) is 0 Å². The van der Waals surface area contributed by atoms with Crippen molar-refractivity contribution in [1.29, 1.82) is 0 Å². The van der Waals surface area contributed by atoms with Gasteiger partial charge in [0.15, 0.2) is 0 Å². The summed E-state index contributed by atoms with van der Waals surface area (Å²) in [6.07, 6.45) is 3.47. The van der Waals surface area contributed by atoms with E-state index < -0.39 is 5.60 Å². The van der Waals surface area contributed by atoms with E-state index in [0.717, 1.165) is 25.9 Å². The fraction of sp³-hybridized carbons (Fsp3) is 0.917. The number of piperidine rings is 1. The lowest BCUT2D eigenvalue weighted by Crippen LogP contribution is -2.49. The van der Waals surface area contributed by atoms with Crippen molar-refractivity contribution in [2.45, 2.75) is 51.7 Å². The summed E-state index contributed by atoms with van der Waals surface area (Å²) in [4.78, 5) is 13.7. The molecule has 1 unspecified atom stereocenters. The van der Waals surface area contributed by atoms with Crippen LogP contribution in [0.4, 0.5) is 0 Å². The highest BCUT2D eigenvalue weighted by atomic mass is 16.3. The van der Waals surface area contributed by atoms with Crippen molar-refractivity contribution in [2.75, 3.05) is 19.6 Å². The number of hydrogen-bond acceptors (Lipinski definition) is 3. The van der Waals surface area contributed by atoms with E-state index in [-0.39, 0.29) is 11.9 Å². The molecule has 1 saturated heterocycles. The molecule has 1 atom stereocenters. The molecule has 94 valence electrons. The topological polar surface area (TPSA) is 52.6 Å². The second-order valence-electron chi connectivity index (χ2n) is 5.20. The molecule has 4 nitrogen and oxygen atoms in total. The lowest BCUT2D eigenvalue weighted by atomic mass is 10.0. The molecule has 0 spiro atoms. The predicted molar refractivity (Wildman–Crippen MR) is 64.2 cm³/mol. The molecule has 0 bridgehead atoms. The van der Waals surface area contributed by atoms with Crippen molar-refractivity contribution < 1.29 is 9.90 Å². The number of rotatable bonds is 4. The minimum absolute atomic E-state index is 0.0822. The molecule has 1 aliphatic heterocycles. The van der Waals surface area contributed by atoms with E-state index in [0.29, 0.717) is 6.54 Å². The van der Waals surface area contributed by atoms with Crippen LogP contribution in [0.2, 0.25) is 0 Å². The van der Waals surface area contributed by atoms with Crippen LogP contribution in [-0.2, 0) is 4.79 Å². The Labute approximate surface area is 98.0 Å². The van der Waals surface area contributed by atoms with Gasteiger partial charge in [-0.15, -0.1) is 0 Å². The largest absolute Gasteiger partial charge is 0.389 e. The van der Waals surface area contributed by atoms with Gasteiger partial charge in [0.1, 0.15) is 0 Å². The standard InChI is InChI=1S/C12H24N2O2/c1-10(12(2,3)16)13-9-11(15)14-7-5-4-6-8-14/h10,13,16H,4-9H2,1-3H3. The van der Waals surface area contributed by atoms with Crippen LogP contribution >= 0.6 is 0 Å². The fourth-order valence-corrected chi connectivity index (χ4v) is 1.75. The van der Waals surface area contributed by atoms with Crippen LogP contribution in [0, 0.1) is 0 Å². The molecule has 0 aliphatic carbocycles. The van der Waals surface area contributed by atoms with Crippen LogP contribution in [0.25, 0.3) is 0 Å². The maximum Gasteiger partial charge on any atom is 0.236 e. The number of carbonyl (C=O) groups is 1. The predicted octanol–water partition coefficient (Wildman–Crippen LogP) is 0.748. The summed E-state index contributed by atoms with van der Waals surface area (Å²) in [5, 5.41) is 12.8. The SMILES string of the molecule is CC(NCC(=O)N1CCCCC1)C(C)(C)O. The molecule has 0 aromatic rings. The molecule has 16 heavy (non-hydrogen) atoms. The molecule has 1 fully saturated rings. The zero-order valence-corrected chi connectivity index (χ0v) is 10.6. The Hall–Kier alpha value is -0.610. The summed E-state index contributed by atoms with van der Waals surface area (Å²) in [5.41, 5.74) is -0.790. The monoisotopic (exact) mass is 228 g/mol. The van der Waals surface area contributed by atoms with Crippen LogP contribution in [-0.4, -0.2) is 47.2 Å². The van der Waals surface area contributed by atoms with Crippen LogP contribution in [0.15, 0.2) is 0 Å². The second-order valence-corrected chi connectivity index (χ2v) is 5.20. The smallest absolute Gasteiger partial charge is 0.236 e. The molecule has 1 aliphatic rings. The molecule has 0 aromatic carbocycles. The third kappa shape index (κ3) is 4.10. The van der Waals surface area contributed by atoms with Gasteiger partial charge in [-0.05, 0) is 40.0 Å². The van der Waals surface area contributed by atoms with Gasteiger partial charge in [0.25, 0.3) is 0 Å². The lowest BCUT2D eigenvalue weighted by Gasteiger charge is -2.30. The van der Waals surface area contributed by atoms with E-state index >= 15 is 0 Å². The fourth-order valence-electron chi connectivity index (χ4n) is 1.75. The van der Waals surface area contributed by atoms with E-state index in [1.54, 1.807) is 13.8 Å². The molecule has 1 amide bonds. The second kappa shape index (κ2) is 5.64. The number of hydrogen-bond donors (Lipinski definition) is 2. The summed E-state index contributed by atoms with van der Waals surface area (Å²) in [6, 6.07) is -0.0822. The maximum atomic E-state index is 11.8. The van der Waals surface area contributed by atoms with Crippen LogP contribution < -0.4 is 5.32 Å². The molecule has 1 heterocycles. The maximum absolute atomic E-state index is 11.8. The van der Waals surface area contributed by atoms with Crippen molar-refractivity contribution in [3.8, 4) is 0 Å². The Balaban J connectivity index is 2.29. The summed E-state index contributed by atoms with van der Waals surface area (Å²) >= 11 is 0. The van der Waals surface area contributed by atoms with E-state index in [1.165, 1.54) is 6.42 Å². The molecule has 1 rings (SSSR count). The van der Waals surface area contributed by atoms with Crippen LogP contribution in [0.1, 0.15) is 40.0 Å². The van der Waals surface area contributed by atoms with Crippen molar-refractivity contribution in [3.05, 3.63) is 0 Å². The highest BCUT2D eigenvalue weighted by molar-refractivity contribution is 5.78. The van der Waals surface area contributed by atoms with E-state index in [9.17, 15) is 9.90 Å². The first-order valence-electron chi connectivity index (χ1n) is 6.15. The van der Waals surface area contributed by atoms with Gasteiger partial charge in [-0.1, -0.05) is 0 Å². The normalized spacial score (nSPS) is 19.6. The number of likely N-dealkylation sites (tertiary alicyclic amines) is 1. The van der Waals surface area contributed by atoms with E-state index in [2.05, 4.69) is 5.32 Å². The molecule has 4 heteroatoms. The first kappa shape index (κ1) is 13.5. The number of nitrogens with zero attached hydrogens (tertiary/aromatic N) is 1. The number of carbonyl (C=O) groups excluding carboxylic acids is 1. The zero-order valence-electron chi connectivity index (χ0n) is 10.6. The minimum Gasteiger partial charge on any atom is -0.389 e. The first-order chi connectivity index (χ1) is 7.41. The molecular weight excluding hydrogens is 204 g/mol.